The van der Waals surface area contributed by atoms with Crippen molar-refractivity contribution in [3.8, 4) is 6.07 Å². The third-order valence-corrected chi connectivity index (χ3v) is 24.2. The summed E-state index contributed by atoms with van der Waals surface area (Å²) >= 11 is 3.45. The van der Waals surface area contributed by atoms with Gasteiger partial charge in [-0.1, -0.05) is 167 Å². The van der Waals surface area contributed by atoms with Gasteiger partial charge in [-0.3, -0.25) is 33.7 Å². The monoisotopic (exact) mass is 1720 g/mol. The molecule has 117 heavy (non-hydrogen) atoms. The zero-order valence-electron chi connectivity index (χ0n) is 70.4. The maximum Gasteiger partial charge on any atom is 0.295 e. The van der Waals surface area contributed by atoms with Gasteiger partial charge in [0, 0.05) is 116 Å². The van der Waals surface area contributed by atoms with Crippen LogP contribution in [0.25, 0.3) is 15.6 Å². The molecule has 0 saturated carbocycles. The van der Waals surface area contributed by atoms with E-state index in [1.165, 1.54) is 26.1 Å². The van der Waals surface area contributed by atoms with Crippen molar-refractivity contribution >= 4 is 110 Å². The Labute approximate surface area is 708 Å². The molecule has 0 aromatic heterocycles. The van der Waals surface area contributed by atoms with E-state index in [2.05, 4.69) is 186 Å². The summed E-state index contributed by atoms with van der Waals surface area (Å²) in [5, 5.41) is 32.8. The number of rotatable bonds is 37. The number of aliphatic hydroxyl groups is 1. The molecule has 5 amide bonds. The number of nitrogens with one attached hydrogen (secondary N) is 3. The fourth-order valence-electron chi connectivity index (χ4n) is 15.9. The van der Waals surface area contributed by atoms with Gasteiger partial charge in [-0.2, -0.15) is 9.15 Å². The summed E-state index contributed by atoms with van der Waals surface area (Å²) in [5.41, 5.74) is 8.82. The Morgan fingerprint density at radius 1 is 0.778 bits per heavy atom. The van der Waals surface area contributed by atoms with Gasteiger partial charge in [0.25, 0.3) is 18.1 Å². The molecule has 10 rings (SSSR count). The van der Waals surface area contributed by atoms with Crippen molar-refractivity contribution in [3.05, 3.63) is 228 Å². The number of halogens is 1. The fraction of sp³-hybridized carbons (Fsp3) is 0.447. The Morgan fingerprint density at radius 2 is 1.42 bits per heavy atom. The van der Waals surface area contributed by atoms with Gasteiger partial charge in [-0.25, -0.2) is 10.1 Å². The molecule has 4 unspecified atom stereocenters. The van der Waals surface area contributed by atoms with Gasteiger partial charge < -0.3 is 49.6 Å². The summed E-state index contributed by atoms with van der Waals surface area (Å²) in [7, 11) is 2.13. The number of benzene rings is 4. The van der Waals surface area contributed by atoms with Crippen molar-refractivity contribution < 1.29 is 66.7 Å². The average molecular weight is 1720 g/mol. The highest BCUT2D eigenvalue weighted by Gasteiger charge is 2.51. The number of carbonyl (C=O) groups excluding carboxylic acids is 6. The molecule has 5 heterocycles. The molecule has 0 bridgehead atoms. The number of thioether (sulfide) groups is 1. The lowest BCUT2D eigenvalue weighted by Gasteiger charge is -2.33. The largest absolute Gasteiger partial charge is 0.507 e. The summed E-state index contributed by atoms with van der Waals surface area (Å²) in [5.74, 6) is -0.506. The van der Waals surface area contributed by atoms with E-state index in [9.17, 15) is 39.1 Å². The van der Waals surface area contributed by atoms with Crippen molar-refractivity contribution in [2.75, 3.05) is 77.0 Å². The van der Waals surface area contributed by atoms with Crippen LogP contribution in [0.2, 0.25) is 0 Å². The Balaban J connectivity index is 0.669. The van der Waals surface area contributed by atoms with Gasteiger partial charge in [0.2, 0.25) is 41.0 Å². The van der Waals surface area contributed by atoms with Gasteiger partial charge in [-0.05, 0) is 128 Å². The number of allylic oxidation sites excluding steroid dienone is 18. The number of amides is 5. The van der Waals surface area contributed by atoms with Gasteiger partial charge in [0.15, 0.2) is 17.7 Å². The van der Waals surface area contributed by atoms with Crippen LogP contribution in [0, 0.1) is 32.3 Å². The summed E-state index contributed by atoms with van der Waals surface area (Å²) in [4.78, 5) is 88.4. The molecule has 21 nitrogen and oxygen atoms in total. The van der Waals surface area contributed by atoms with Crippen molar-refractivity contribution in [2.45, 2.75) is 188 Å². The van der Waals surface area contributed by atoms with Gasteiger partial charge in [0.1, 0.15) is 30.4 Å². The third-order valence-electron chi connectivity index (χ3n) is 22.2. The van der Waals surface area contributed by atoms with E-state index in [0.717, 1.165) is 86.4 Å². The van der Waals surface area contributed by atoms with Crippen LogP contribution < -0.4 is 20.9 Å². The predicted molar refractivity (Wildman–Crippen MR) is 470 cm³/mol. The minimum atomic E-state index is -1.11. The molecule has 23 heteroatoms. The Kier molecular flexibility index (Phi) is 30.0. The normalized spacial score (nSPS) is 19.4. The summed E-state index contributed by atoms with van der Waals surface area (Å²) in [6.07, 6.45) is 25.0. The van der Waals surface area contributed by atoms with E-state index in [4.69, 9.17) is 30.3 Å². The van der Waals surface area contributed by atoms with Crippen molar-refractivity contribution in [2.24, 2.45) is 10.8 Å². The molecule has 1 aliphatic carbocycles. The van der Waals surface area contributed by atoms with Gasteiger partial charge >= 0.3 is 0 Å². The Morgan fingerprint density at radius 3 is 2.10 bits per heavy atom. The molecule has 4 aromatic carbocycles. The number of para-hydroxylation sites is 1. The van der Waals surface area contributed by atoms with Crippen LogP contribution in [0.3, 0.4) is 0 Å². The molecular formula is C94H114IN9O12S+2. The number of ether oxygens (including phenoxy) is 5. The zero-order valence-corrected chi connectivity index (χ0v) is 73.4. The second-order valence-electron chi connectivity index (χ2n) is 33.7. The van der Waals surface area contributed by atoms with E-state index in [1.807, 2.05) is 115 Å². The molecule has 4 N–H and O–H groups in total. The second-order valence-corrected chi connectivity index (χ2v) is 36.2. The molecular weight excluding hydrogens is 1610 g/mol. The predicted octanol–water partition coefficient (Wildman–Crippen LogP) is 16.4. The quantitative estimate of drug-likeness (QED) is 0.00377. The van der Waals surface area contributed by atoms with Crippen LogP contribution in [0.15, 0.2) is 197 Å². The number of imide groups is 1. The van der Waals surface area contributed by atoms with Crippen LogP contribution in [0.1, 0.15) is 165 Å². The van der Waals surface area contributed by atoms with Gasteiger partial charge in [-0.15, -0.1) is 11.8 Å². The highest BCUT2D eigenvalue weighted by Crippen LogP contribution is 2.53. The van der Waals surface area contributed by atoms with Crippen LogP contribution >= 0.6 is 34.4 Å². The van der Waals surface area contributed by atoms with E-state index in [-0.39, 0.29) is 128 Å². The number of fused-ring (bicyclic) bond motifs is 5. The highest BCUT2D eigenvalue weighted by atomic mass is 127. The molecule has 1 saturated heterocycles. The fourth-order valence-corrected chi connectivity index (χ4v) is 17.5. The SMILES string of the molecule is [C-]#[N+]/C(C#N)=C1\C(=CC2=[N+](C(CCCC)C(=O)NCCN3C(=O)CC(SCC(NC(=O)CCOCCOCCOCCNC(=O)C(CCCC)N4\C(=C/C=C/C=C/C=C/C5=[N+](C)c6ccc(I)cc6C5(C)C)C(C)(C)c5c4ccc4ccccc54)OC=O)C3=O)c3ccccc3C2(C)C)C(O)=C1C=C1C=C(C(C)(C)C)OC(C(C)(C)C)=C1. The first-order valence-corrected chi connectivity index (χ1v) is 42.7. The minimum Gasteiger partial charge on any atom is -0.507 e. The van der Waals surface area contributed by atoms with Crippen molar-refractivity contribution in [1.29, 1.82) is 5.26 Å². The third kappa shape index (κ3) is 20.5. The van der Waals surface area contributed by atoms with Crippen LogP contribution in [0.4, 0.5) is 17.1 Å². The second kappa shape index (κ2) is 39.2. The van der Waals surface area contributed by atoms with Crippen LogP contribution in [-0.2, 0) is 68.7 Å². The molecule has 6 aliphatic rings. The summed E-state index contributed by atoms with van der Waals surface area (Å²) < 4.78 is 34.4. The van der Waals surface area contributed by atoms with E-state index in [1.54, 1.807) is 12.2 Å². The standard InChI is InChI=1S/C94H112IN9O12S/c1-17-19-33-73(103-71-35-29-28-32-67(71)92(9,10)78(103)56-66-84(69(58-96)97-15)65(86(66)108)52-61-53-79(90(3,4)5)116-80(54-61)91(6,7)8)87(109)98-43-45-102-83(107)57-75(89(102)111)117-59-82(115-60-105)100-81(106)42-46-112-48-50-114-51-49-113-47-44-99-88(110)74(34-20-18-2)104-72-40-38-62-30-26-27-31-64(62)85(72)94(13,14)77(104)37-25-23-21-22-24-36-76-93(11,12)68-55-63(95)39-41-70(68)101(76)16/h21-32,35-41,52-56,60,73-75,82H,17-20,33-34,42-51,57,59H2,1-14,16H3,(H2-2,98,99,100,106,108,109,110)/p+2/b66-56?,84-69-. The lowest BCUT2D eigenvalue weighted by molar-refractivity contribution is -0.468. The first kappa shape index (κ1) is 89.6. The molecule has 1 fully saturated rings. The number of nitrogens with zero attached hydrogens (tertiary/aromatic N) is 6. The number of hydrogen-bond acceptors (Lipinski definition) is 15. The van der Waals surface area contributed by atoms with E-state index < -0.39 is 52.1 Å². The number of carbonyl (C=O) groups is 6. The molecule has 4 atom stereocenters. The van der Waals surface area contributed by atoms with E-state index >= 15 is 0 Å². The lowest BCUT2D eigenvalue weighted by atomic mass is 9.76. The first-order chi connectivity index (χ1) is 55.7. The van der Waals surface area contributed by atoms with Crippen molar-refractivity contribution in [1.82, 2.24) is 20.9 Å². The summed E-state index contributed by atoms with van der Waals surface area (Å²) in [6.45, 7) is 39.3. The molecule has 618 valence electrons. The highest BCUT2D eigenvalue weighted by molar-refractivity contribution is 14.1. The number of likely N-dealkylation sites (tertiary alicyclic amines) is 1. The van der Waals surface area contributed by atoms with Crippen LogP contribution in [-0.4, -0.2) is 162 Å². The maximum atomic E-state index is 14.8. The summed E-state index contributed by atoms with van der Waals surface area (Å²) in [6, 6.07) is 27.9. The molecule has 4 aromatic rings. The minimum absolute atomic E-state index is 0.0319. The Bertz CT molecular complexity index is 4930. The van der Waals surface area contributed by atoms with Gasteiger partial charge in [0.05, 0.1) is 80.5 Å². The molecule has 0 radical (unpaired) electrons. The first-order valence-electron chi connectivity index (χ1n) is 40.6. The lowest BCUT2D eigenvalue weighted by Crippen LogP contribution is -2.47. The number of anilines is 1. The maximum absolute atomic E-state index is 14.8. The molecule has 0 spiro atoms. The smallest absolute Gasteiger partial charge is 0.295 e. The van der Waals surface area contributed by atoms with Crippen LogP contribution in [0.5, 0.6) is 0 Å². The molecule has 5 aliphatic heterocycles. The van der Waals surface area contributed by atoms with Crippen molar-refractivity contribution in [3.63, 3.8) is 0 Å². The average Bonchev–Trinajstić information content (AvgIpc) is 1.62. The number of unbranched alkanes of at least 4 members (excludes halogenated alkanes) is 2. The number of hydrogen-bond donors (Lipinski definition) is 4. The number of aliphatic hydroxyl groups excluding tert-OH is 1. The Hall–Kier alpha value is -9.76. The zero-order chi connectivity index (χ0) is 84.7. The topological polar surface area (TPSA) is 246 Å². The van der Waals surface area contributed by atoms with E-state index in [0.29, 0.717) is 37.1 Å². The number of nitriles is 1.